The lowest BCUT2D eigenvalue weighted by Gasteiger charge is -2.18. The number of hydrogen-bond donors (Lipinski definition) is 1. The zero-order valence-corrected chi connectivity index (χ0v) is 13.6. The second kappa shape index (κ2) is 6.22. The molecular weight excluding hydrogens is 318 g/mol. The van der Waals surface area contributed by atoms with Crippen molar-refractivity contribution in [3.63, 3.8) is 0 Å². The molecule has 0 spiro atoms. The summed E-state index contributed by atoms with van der Waals surface area (Å²) in [6.07, 6.45) is 1.80. The molecule has 0 saturated heterocycles. The van der Waals surface area contributed by atoms with Crippen LogP contribution >= 0.6 is 11.3 Å². The molecule has 0 bridgehead atoms. The van der Waals surface area contributed by atoms with Gasteiger partial charge < -0.3 is 5.32 Å². The van der Waals surface area contributed by atoms with Crippen LogP contribution in [0.4, 0.5) is 0 Å². The molecule has 1 amide bonds. The minimum Gasteiger partial charge on any atom is -0.354 e. The van der Waals surface area contributed by atoms with Gasteiger partial charge in [0.1, 0.15) is 9.46 Å². The van der Waals surface area contributed by atoms with Gasteiger partial charge in [-0.15, -0.1) is 11.3 Å². The first-order chi connectivity index (χ1) is 10.6. The molecule has 1 atom stereocenters. The van der Waals surface area contributed by atoms with E-state index < -0.39 is 15.1 Å². The summed E-state index contributed by atoms with van der Waals surface area (Å²) < 4.78 is 26.0. The number of rotatable bonds is 6. The van der Waals surface area contributed by atoms with Crippen molar-refractivity contribution in [3.05, 3.63) is 53.4 Å². The normalized spacial score (nSPS) is 16.2. The van der Waals surface area contributed by atoms with Crippen molar-refractivity contribution in [3.8, 4) is 0 Å². The number of amides is 1. The predicted octanol–water partition coefficient (Wildman–Crippen LogP) is 2.79. The SMILES string of the molecule is O=C(NCC(c1ccccc1)S(=O)(=O)c1cccs1)C1CC1. The van der Waals surface area contributed by atoms with Gasteiger partial charge in [-0.2, -0.15) is 0 Å². The Kier molecular flexibility index (Phi) is 4.31. The van der Waals surface area contributed by atoms with Gasteiger partial charge in [0, 0.05) is 12.5 Å². The second-order valence-electron chi connectivity index (χ2n) is 5.40. The minimum atomic E-state index is -3.51. The Labute approximate surface area is 134 Å². The largest absolute Gasteiger partial charge is 0.354 e. The number of nitrogens with one attached hydrogen (secondary N) is 1. The maximum Gasteiger partial charge on any atom is 0.223 e. The third-order valence-corrected chi connectivity index (χ3v) is 7.26. The highest BCUT2D eigenvalue weighted by atomic mass is 32.2. The summed E-state index contributed by atoms with van der Waals surface area (Å²) in [6.45, 7) is 0.111. The molecule has 0 aliphatic heterocycles. The average molecular weight is 335 g/mol. The molecular formula is C16H17NO3S2. The van der Waals surface area contributed by atoms with E-state index >= 15 is 0 Å². The lowest BCUT2D eigenvalue weighted by atomic mass is 10.1. The van der Waals surface area contributed by atoms with E-state index in [1.54, 1.807) is 29.6 Å². The van der Waals surface area contributed by atoms with Gasteiger partial charge in [-0.25, -0.2) is 8.42 Å². The quantitative estimate of drug-likeness (QED) is 0.883. The Bertz CT molecular complexity index is 735. The van der Waals surface area contributed by atoms with Gasteiger partial charge in [0.25, 0.3) is 0 Å². The number of sulfone groups is 1. The fourth-order valence-corrected chi connectivity index (χ4v) is 5.19. The number of thiophene rings is 1. The molecule has 1 aliphatic carbocycles. The Morgan fingerprint density at radius 2 is 1.91 bits per heavy atom. The summed E-state index contributed by atoms with van der Waals surface area (Å²) in [5.74, 6) is 0.0307. The maximum atomic E-state index is 12.9. The zero-order chi connectivity index (χ0) is 15.6. The molecule has 4 nitrogen and oxygen atoms in total. The predicted molar refractivity (Wildman–Crippen MR) is 86.4 cm³/mol. The lowest BCUT2D eigenvalue weighted by molar-refractivity contribution is -0.122. The van der Waals surface area contributed by atoms with E-state index in [0.29, 0.717) is 9.77 Å². The Morgan fingerprint density at radius 1 is 1.18 bits per heavy atom. The highest BCUT2D eigenvalue weighted by Gasteiger charge is 2.33. The van der Waals surface area contributed by atoms with Crippen LogP contribution in [0.1, 0.15) is 23.7 Å². The van der Waals surface area contributed by atoms with Crippen LogP contribution < -0.4 is 5.32 Å². The third kappa shape index (κ3) is 3.23. The summed E-state index contributed by atoms with van der Waals surface area (Å²) in [7, 11) is -3.51. The number of hydrogen-bond acceptors (Lipinski definition) is 4. The van der Waals surface area contributed by atoms with Gasteiger partial charge in [-0.1, -0.05) is 36.4 Å². The summed E-state index contributed by atoms with van der Waals surface area (Å²) in [5.41, 5.74) is 0.701. The van der Waals surface area contributed by atoms with Crippen LogP contribution in [-0.4, -0.2) is 20.9 Å². The number of carbonyl (C=O) groups excluding carboxylic acids is 1. The Balaban J connectivity index is 1.87. The molecule has 1 fully saturated rings. The molecule has 0 radical (unpaired) electrons. The summed E-state index contributed by atoms with van der Waals surface area (Å²) in [5, 5.41) is 3.79. The fraction of sp³-hybridized carbons (Fsp3) is 0.312. The van der Waals surface area contributed by atoms with Crippen molar-refractivity contribution in [1.29, 1.82) is 0 Å². The smallest absolute Gasteiger partial charge is 0.223 e. The molecule has 2 aromatic rings. The van der Waals surface area contributed by atoms with Crippen molar-refractivity contribution in [2.45, 2.75) is 22.3 Å². The molecule has 1 heterocycles. The van der Waals surface area contributed by atoms with E-state index in [-0.39, 0.29) is 18.4 Å². The summed E-state index contributed by atoms with van der Waals surface area (Å²) in [4.78, 5) is 11.9. The number of carbonyl (C=O) groups is 1. The van der Waals surface area contributed by atoms with E-state index in [4.69, 9.17) is 0 Å². The van der Waals surface area contributed by atoms with Crippen molar-refractivity contribution in [2.75, 3.05) is 6.54 Å². The molecule has 1 saturated carbocycles. The molecule has 116 valence electrons. The van der Waals surface area contributed by atoms with Crippen molar-refractivity contribution >= 4 is 27.1 Å². The highest BCUT2D eigenvalue weighted by Crippen LogP contribution is 2.32. The van der Waals surface area contributed by atoms with Crippen LogP contribution in [0.5, 0.6) is 0 Å². The summed E-state index contributed by atoms with van der Waals surface area (Å²) in [6, 6.07) is 12.4. The van der Waals surface area contributed by atoms with Gasteiger partial charge in [-0.3, -0.25) is 4.79 Å². The Morgan fingerprint density at radius 3 is 2.50 bits per heavy atom. The minimum absolute atomic E-state index is 0.0395. The van der Waals surface area contributed by atoms with Crippen molar-refractivity contribution in [1.82, 2.24) is 5.32 Å². The third-order valence-electron chi connectivity index (χ3n) is 3.73. The van der Waals surface area contributed by atoms with Crippen LogP contribution in [0.15, 0.2) is 52.1 Å². The second-order valence-corrected chi connectivity index (χ2v) is 8.70. The molecule has 1 aliphatic rings. The average Bonchev–Trinajstić information content (AvgIpc) is 3.22. The van der Waals surface area contributed by atoms with E-state index in [9.17, 15) is 13.2 Å². The van der Waals surface area contributed by atoms with Crippen LogP contribution in [0.3, 0.4) is 0 Å². The highest BCUT2D eigenvalue weighted by molar-refractivity contribution is 7.93. The molecule has 1 unspecified atom stereocenters. The molecule has 22 heavy (non-hydrogen) atoms. The summed E-state index contributed by atoms with van der Waals surface area (Å²) >= 11 is 1.21. The van der Waals surface area contributed by atoms with Crippen LogP contribution in [0.2, 0.25) is 0 Å². The monoisotopic (exact) mass is 335 g/mol. The van der Waals surface area contributed by atoms with E-state index in [2.05, 4.69) is 5.32 Å². The lowest BCUT2D eigenvalue weighted by Crippen LogP contribution is -2.32. The van der Waals surface area contributed by atoms with Crippen LogP contribution in [-0.2, 0) is 14.6 Å². The van der Waals surface area contributed by atoms with E-state index in [0.717, 1.165) is 12.8 Å². The Hall–Kier alpha value is -1.66. The zero-order valence-electron chi connectivity index (χ0n) is 11.9. The standard InChI is InChI=1S/C16H17NO3S2/c18-16(13-8-9-13)17-11-14(12-5-2-1-3-6-12)22(19,20)15-7-4-10-21-15/h1-7,10,13-14H,8-9,11H2,(H,17,18). The van der Waals surface area contributed by atoms with Crippen molar-refractivity contribution < 1.29 is 13.2 Å². The van der Waals surface area contributed by atoms with Gasteiger partial charge in [0.2, 0.25) is 5.91 Å². The van der Waals surface area contributed by atoms with E-state index in [1.807, 2.05) is 18.2 Å². The first-order valence-electron chi connectivity index (χ1n) is 7.19. The molecule has 6 heteroatoms. The molecule has 3 rings (SSSR count). The van der Waals surface area contributed by atoms with E-state index in [1.165, 1.54) is 11.3 Å². The maximum absolute atomic E-state index is 12.9. The van der Waals surface area contributed by atoms with Gasteiger partial charge >= 0.3 is 0 Å². The molecule has 1 aromatic heterocycles. The van der Waals surface area contributed by atoms with Crippen LogP contribution in [0.25, 0.3) is 0 Å². The number of benzene rings is 1. The molecule has 1 aromatic carbocycles. The van der Waals surface area contributed by atoms with Gasteiger partial charge in [-0.05, 0) is 29.9 Å². The fourth-order valence-electron chi connectivity index (χ4n) is 2.32. The van der Waals surface area contributed by atoms with Gasteiger partial charge in [0.05, 0.1) is 0 Å². The van der Waals surface area contributed by atoms with Crippen molar-refractivity contribution in [2.24, 2.45) is 5.92 Å². The van der Waals surface area contributed by atoms with Crippen LogP contribution in [0, 0.1) is 5.92 Å². The van der Waals surface area contributed by atoms with Gasteiger partial charge in [0.15, 0.2) is 9.84 Å². The topological polar surface area (TPSA) is 63.2 Å². The first-order valence-corrected chi connectivity index (χ1v) is 9.61. The molecule has 1 N–H and O–H groups in total. The first kappa shape index (κ1) is 15.2.